The van der Waals surface area contributed by atoms with Gasteiger partial charge in [0.05, 0.1) is 6.54 Å². The maximum Gasteiger partial charge on any atom is 0.234 e. The van der Waals surface area contributed by atoms with Gasteiger partial charge in [-0.1, -0.05) is 48.5 Å². The van der Waals surface area contributed by atoms with Gasteiger partial charge in [0.1, 0.15) is 0 Å². The van der Waals surface area contributed by atoms with Crippen LogP contribution < -0.4 is 5.32 Å². The van der Waals surface area contributed by atoms with Crippen LogP contribution in [0.2, 0.25) is 0 Å². The van der Waals surface area contributed by atoms with E-state index in [4.69, 9.17) is 0 Å². The summed E-state index contributed by atoms with van der Waals surface area (Å²) in [6.45, 7) is 2.15. The fourth-order valence-corrected chi connectivity index (χ4v) is 3.98. The van der Waals surface area contributed by atoms with Gasteiger partial charge in [0, 0.05) is 29.7 Å². The van der Waals surface area contributed by atoms with Crippen LogP contribution in [0.25, 0.3) is 10.9 Å². The van der Waals surface area contributed by atoms with Gasteiger partial charge in [-0.05, 0) is 43.0 Å². The molecule has 0 bridgehead atoms. The number of H-pyrrole nitrogens is 1. The molecule has 4 heteroatoms. The Morgan fingerprint density at radius 2 is 1.92 bits per heavy atom. The number of para-hydroxylation sites is 1. The molecule has 0 aliphatic carbocycles. The molecule has 2 N–H and O–H groups in total. The number of aromatic amines is 1. The van der Waals surface area contributed by atoms with Gasteiger partial charge >= 0.3 is 0 Å². The van der Waals surface area contributed by atoms with Gasteiger partial charge in [-0.3, -0.25) is 9.69 Å². The van der Waals surface area contributed by atoms with E-state index in [9.17, 15) is 4.79 Å². The summed E-state index contributed by atoms with van der Waals surface area (Å²) < 4.78 is 0. The molecule has 1 unspecified atom stereocenters. The van der Waals surface area contributed by atoms with Crippen molar-refractivity contribution in [3.05, 3.63) is 71.9 Å². The quantitative estimate of drug-likeness (QED) is 0.715. The van der Waals surface area contributed by atoms with E-state index in [0.717, 1.165) is 31.3 Å². The summed E-state index contributed by atoms with van der Waals surface area (Å²) in [7, 11) is 0. The molecule has 4 rings (SSSR count). The fourth-order valence-electron chi connectivity index (χ4n) is 3.98. The number of amides is 1. The van der Waals surface area contributed by atoms with E-state index in [1.165, 1.54) is 16.5 Å². The van der Waals surface area contributed by atoms with E-state index in [2.05, 4.69) is 57.7 Å². The van der Waals surface area contributed by atoms with E-state index in [1.54, 1.807) is 0 Å². The zero-order valence-corrected chi connectivity index (χ0v) is 14.9. The van der Waals surface area contributed by atoms with Crippen molar-refractivity contribution in [2.24, 2.45) is 0 Å². The van der Waals surface area contributed by atoms with Gasteiger partial charge in [-0.25, -0.2) is 0 Å². The number of fused-ring (bicyclic) bond motifs is 1. The fraction of sp³-hybridized carbons (Fsp3) is 0.318. The Kier molecular flexibility index (Phi) is 5.02. The molecule has 3 aromatic rings. The summed E-state index contributed by atoms with van der Waals surface area (Å²) in [5, 5.41) is 4.33. The molecule has 1 aliphatic heterocycles. The topological polar surface area (TPSA) is 48.1 Å². The number of benzene rings is 2. The molecule has 0 saturated carbocycles. The lowest BCUT2D eigenvalue weighted by atomic mass is 10.0. The highest BCUT2D eigenvalue weighted by molar-refractivity contribution is 5.83. The van der Waals surface area contributed by atoms with Crippen molar-refractivity contribution < 1.29 is 4.79 Å². The molecule has 0 spiro atoms. The SMILES string of the molecule is O=C(CN1CCCC1c1ccccc1)NCCc1c[nH]c2ccccc12. The lowest BCUT2D eigenvalue weighted by Gasteiger charge is -2.24. The highest BCUT2D eigenvalue weighted by atomic mass is 16.2. The second-order valence-corrected chi connectivity index (χ2v) is 7.00. The normalized spacial score (nSPS) is 17.6. The van der Waals surface area contributed by atoms with Crippen LogP contribution in [0.1, 0.15) is 30.0 Å². The predicted octanol–water partition coefficient (Wildman–Crippen LogP) is 3.66. The van der Waals surface area contributed by atoms with Crippen molar-refractivity contribution in [1.29, 1.82) is 0 Å². The molecule has 2 aromatic carbocycles. The molecule has 0 radical (unpaired) electrons. The van der Waals surface area contributed by atoms with E-state index in [1.807, 2.05) is 18.3 Å². The van der Waals surface area contributed by atoms with Gasteiger partial charge in [-0.2, -0.15) is 0 Å². The number of aromatic nitrogens is 1. The van der Waals surface area contributed by atoms with E-state index in [-0.39, 0.29) is 5.91 Å². The largest absolute Gasteiger partial charge is 0.361 e. The molecule has 1 atom stereocenters. The van der Waals surface area contributed by atoms with Crippen LogP contribution in [-0.2, 0) is 11.2 Å². The third kappa shape index (κ3) is 3.65. The minimum atomic E-state index is 0.118. The Hall–Kier alpha value is -2.59. The summed E-state index contributed by atoms with van der Waals surface area (Å²) in [5.74, 6) is 0.118. The van der Waals surface area contributed by atoms with Gasteiger partial charge in [0.25, 0.3) is 0 Å². The molecule has 1 aliphatic rings. The molecule has 4 nitrogen and oxygen atoms in total. The molecule has 2 heterocycles. The van der Waals surface area contributed by atoms with Crippen molar-refractivity contribution in [3.8, 4) is 0 Å². The predicted molar refractivity (Wildman–Crippen MR) is 105 cm³/mol. The van der Waals surface area contributed by atoms with E-state index >= 15 is 0 Å². The van der Waals surface area contributed by atoms with Gasteiger partial charge in [-0.15, -0.1) is 0 Å². The number of carbonyl (C=O) groups excluding carboxylic acids is 1. The van der Waals surface area contributed by atoms with Crippen molar-refractivity contribution in [2.75, 3.05) is 19.6 Å². The summed E-state index contributed by atoms with van der Waals surface area (Å²) in [5.41, 5.74) is 3.72. The second-order valence-electron chi connectivity index (χ2n) is 7.00. The van der Waals surface area contributed by atoms with E-state index < -0.39 is 0 Å². The molecule has 1 fully saturated rings. The van der Waals surface area contributed by atoms with Gasteiger partial charge in [0.2, 0.25) is 5.91 Å². The molecule has 26 heavy (non-hydrogen) atoms. The van der Waals surface area contributed by atoms with Crippen LogP contribution in [0.3, 0.4) is 0 Å². The number of hydrogen-bond acceptors (Lipinski definition) is 2. The first-order chi connectivity index (χ1) is 12.8. The molecule has 1 saturated heterocycles. The molecule has 1 amide bonds. The number of nitrogens with zero attached hydrogens (tertiary/aromatic N) is 1. The highest BCUT2D eigenvalue weighted by Crippen LogP contribution is 2.31. The lowest BCUT2D eigenvalue weighted by molar-refractivity contribution is -0.122. The average molecular weight is 347 g/mol. The maximum absolute atomic E-state index is 12.4. The third-order valence-corrected chi connectivity index (χ3v) is 5.29. The Morgan fingerprint density at radius 3 is 2.81 bits per heavy atom. The Morgan fingerprint density at radius 1 is 1.12 bits per heavy atom. The Balaban J connectivity index is 1.30. The summed E-state index contributed by atoms with van der Waals surface area (Å²) in [4.78, 5) is 18.0. The molecule has 134 valence electrons. The standard InChI is InChI=1S/C22H25N3O/c26-22(16-25-14-6-11-21(25)17-7-2-1-3-8-17)23-13-12-18-15-24-20-10-5-4-9-19(18)20/h1-5,7-10,15,21,24H,6,11-14,16H2,(H,23,26). The zero-order valence-electron chi connectivity index (χ0n) is 14.9. The van der Waals surface area contributed by atoms with Crippen molar-refractivity contribution in [2.45, 2.75) is 25.3 Å². The Bertz CT molecular complexity index is 871. The molecule has 1 aromatic heterocycles. The van der Waals surface area contributed by atoms with Crippen LogP contribution in [-0.4, -0.2) is 35.4 Å². The summed E-state index contributed by atoms with van der Waals surface area (Å²) in [6, 6.07) is 19.2. The van der Waals surface area contributed by atoms with Crippen molar-refractivity contribution >= 4 is 16.8 Å². The van der Waals surface area contributed by atoms with Crippen molar-refractivity contribution in [1.82, 2.24) is 15.2 Å². The second kappa shape index (κ2) is 7.75. The number of rotatable bonds is 6. The van der Waals surface area contributed by atoms with Crippen molar-refractivity contribution in [3.63, 3.8) is 0 Å². The van der Waals surface area contributed by atoms with Gasteiger partial charge in [0.15, 0.2) is 0 Å². The first-order valence-corrected chi connectivity index (χ1v) is 9.42. The Labute approximate surface area is 154 Å². The first kappa shape index (κ1) is 16.9. The zero-order chi connectivity index (χ0) is 17.8. The molecular weight excluding hydrogens is 322 g/mol. The lowest BCUT2D eigenvalue weighted by Crippen LogP contribution is -2.37. The van der Waals surface area contributed by atoms with Crippen LogP contribution in [0.15, 0.2) is 60.8 Å². The van der Waals surface area contributed by atoms with Crippen LogP contribution >= 0.6 is 0 Å². The molecular formula is C22H25N3O. The van der Waals surface area contributed by atoms with E-state index in [0.29, 0.717) is 19.1 Å². The first-order valence-electron chi connectivity index (χ1n) is 9.42. The van der Waals surface area contributed by atoms with Crippen LogP contribution in [0.4, 0.5) is 0 Å². The highest BCUT2D eigenvalue weighted by Gasteiger charge is 2.27. The summed E-state index contributed by atoms with van der Waals surface area (Å²) in [6.07, 6.45) is 5.18. The smallest absolute Gasteiger partial charge is 0.234 e. The van der Waals surface area contributed by atoms with Crippen LogP contribution in [0, 0.1) is 0 Å². The van der Waals surface area contributed by atoms with Gasteiger partial charge < -0.3 is 10.3 Å². The number of carbonyl (C=O) groups is 1. The average Bonchev–Trinajstić information content (AvgIpc) is 3.30. The maximum atomic E-state index is 12.4. The summed E-state index contributed by atoms with van der Waals surface area (Å²) >= 11 is 0. The third-order valence-electron chi connectivity index (χ3n) is 5.29. The minimum Gasteiger partial charge on any atom is -0.361 e. The number of hydrogen-bond donors (Lipinski definition) is 2. The number of nitrogens with one attached hydrogen (secondary N) is 2. The monoisotopic (exact) mass is 347 g/mol. The van der Waals surface area contributed by atoms with Crippen LogP contribution in [0.5, 0.6) is 0 Å². The minimum absolute atomic E-state index is 0.118. The number of likely N-dealkylation sites (tertiary alicyclic amines) is 1.